The van der Waals surface area contributed by atoms with E-state index >= 15 is 0 Å². The van der Waals surface area contributed by atoms with E-state index in [0.717, 1.165) is 37.2 Å². The molecule has 0 aliphatic carbocycles. The number of aryl methyl sites for hydroxylation is 3. The number of aromatic nitrogens is 1. The predicted octanol–water partition coefficient (Wildman–Crippen LogP) is 2.71. The van der Waals surface area contributed by atoms with Crippen molar-refractivity contribution in [2.24, 2.45) is 0 Å². The summed E-state index contributed by atoms with van der Waals surface area (Å²) < 4.78 is 10.6. The van der Waals surface area contributed by atoms with Gasteiger partial charge in [-0.3, -0.25) is 4.79 Å². The molecule has 1 atom stereocenters. The zero-order valence-electron chi connectivity index (χ0n) is 16.1. The second-order valence-corrected chi connectivity index (χ2v) is 7.00. The van der Waals surface area contributed by atoms with Crippen LogP contribution in [-0.2, 0) is 6.54 Å². The van der Waals surface area contributed by atoms with Gasteiger partial charge in [-0.15, -0.1) is 12.4 Å². The lowest BCUT2D eigenvalue weighted by Crippen LogP contribution is -2.33. The van der Waals surface area contributed by atoms with Gasteiger partial charge in [-0.05, 0) is 51.8 Å². The highest BCUT2D eigenvalue weighted by atomic mass is 35.5. The molecule has 1 fully saturated rings. The average molecular weight is 396 g/mol. The normalized spacial score (nSPS) is 16.7. The van der Waals surface area contributed by atoms with Crippen molar-refractivity contribution in [2.45, 2.75) is 46.1 Å². The van der Waals surface area contributed by atoms with Gasteiger partial charge in [0, 0.05) is 25.1 Å². The number of hydrogen-bond donors (Lipinski definition) is 1. The molecule has 1 amide bonds. The predicted molar refractivity (Wildman–Crippen MR) is 104 cm³/mol. The van der Waals surface area contributed by atoms with Gasteiger partial charge in [-0.2, -0.15) is 0 Å². The molecule has 1 unspecified atom stereocenters. The highest BCUT2D eigenvalue weighted by molar-refractivity contribution is 5.95. The SMILES string of the molecule is Cc1cc(C2CCCNC2)oc(=O)c1C(=O)N(C)Cc1c(C)noc1C.Cl. The summed E-state index contributed by atoms with van der Waals surface area (Å²) >= 11 is 0. The first-order valence-electron chi connectivity index (χ1n) is 8.91. The van der Waals surface area contributed by atoms with E-state index in [1.807, 2.05) is 13.0 Å². The molecule has 1 saturated heterocycles. The molecule has 7 nitrogen and oxygen atoms in total. The summed E-state index contributed by atoms with van der Waals surface area (Å²) in [5, 5.41) is 7.21. The molecule has 1 aliphatic heterocycles. The molecule has 1 aliphatic rings. The molecule has 2 aromatic heterocycles. The lowest BCUT2D eigenvalue weighted by atomic mass is 9.95. The van der Waals surface area contributed by atoms with Crippen LogP contribution >= 0.6 is 12.4 Å². The first kappa shape index (κ1) is 21.2. The number of nitrogens with zero attached hydrogens (tertiary/aromatic N) is 2. The third-order valence-electron chi connectivity index (χ3n) is 5.00. The van der Waals surface area contributed by atoms with Crippen molar-refractivity contribution in [1.82, 2.24) is 15.4 Å². The maximum absolute atomic E-state index is 12.8. The first-order chi connectivity index (χ1) is 12.4. The van der Waals surface area contributed by atoms with E-state index in [1.54, 1.807) is 20.9 Å². The maximum atomic E-state index is 12.8. The molecule has 3 heterocycles. The maximum Gasteiger partial charge on any atom is 0.349 e. The Kier molecular flexibility index (Phi) is 6.84. The number of piperidine rings is 1. The second-order valence-electron chi connectivity index (χ2n) is 7.00. The summed E-state index contributed by atoms with van der Waals surface area (Å²) in [6.45, 7) is 7.53. The Morgan fingerprint density at radius 2 is 2.11 bits per heavy atom. The molecule has 148 valence electrons. The van der Waals surface area contributed by atoms with Crippen molar-refractivity contribution >= 4 is 18.3 Å². The number of halogens is 1. The van der Waals surface area contributed by atoms with Crippen molar-refractivity contribution in [2.75, 3.05) is 20.1 Å². The summed E-state index contributed by atoms with van der Waals surface area (Å²) in [4.78, 5) is 26.8. The molecular weight excluding hydrogens is 370 g/mol. The van der Waals surface area contributed by atoms with Crippen LogP contribution < -0.4 is 10.9 Å². The number of hydrogen-bond acceptors (Lipinski definition) is 6. The van der Waals surface area contributed by atoms with E-state index in [0.29, 0.717) is 23.6 Å². The molecule has 0 aromatic carbocycles. The van der Waals surface area contributed by atoms with Crippen LogP contribution in [0.5, 0.6) is 0 Å². The van der Waals surface area contributed by atoms with Crippen molar-refractivity contribution in [1.29, 1.82) is 0 Å². The lowest BCUT2D eigenvalue weighted by molar-refractivity contribution is 0.0778. The Morgan fingerprint density at radius 1 is 1.37 bits per heavy atom. The summed E-state index contributed by atoms with van der Waals surface area (Å²) in [7, 11) is 1.66. The van der Waals surface area contributed by atoms with Crippen molar-refractivity contribution in [3.8, 4) is 0 Å². The summed E-state index contributed by atoms with van der Waals surface area (Å²) in [6, 6.07) is 1.83. The van der Waals surface area contributed by atoms with E-state index in [1.165, 1.54) is 4.90 Å². The van der Waals surface area contributed by atoms with E-state index in [9.17, 15) is 9.59 Å². The van der Waals surface area contributed by atoms with E-state index in [2.05, 4.69) is 10.5 Å². The van der Waals surface area contributed by atoms with Crippen molar-refractivity contribution in [3.63, 3.8) is 0 Å². The Labute approximate surface area is 164 Å². The van der Waals surface area contributed by atoms with E-state index in [-0.39, 0.29) is 29.8 Å². The molecule has 0 bridgehead atoms. The van der Waals surface area contributed by atoms with Gasteiger partial charge >= 0.3 is 5.63 Å². The van der Waals surface area contributed by atoms with Crippen LogP contribution in [0.15, 0.2) is 19.8 Å². The van der Waals surface area contributed by atoms with Crippen LogP contribution in [0.3, 0.4) is 0 Å². The van der Waals surface area contributed by atoms with Crippen LogP contribution in [0.2, 0.25) is 0 Å². The molecule has 8 heteroatoms. The highest BCUT2D eigenvalue weighted by Crippen LogP contribution is 2.24. The molecule has 27 heavy (non-hydrogen) atoms. The summed E-state index contributed by atoms with van der Waals surface area (Å²) in [5.41, 5.74) is 1.77. The highest BCUT2D eigenvalue weighted by Gasteiger charge is 2.25. The minimum absolute atomic E-state index is 0. The third-order valence-corrected chi connectivity index (χ3v) is 5.00. The number of carbonyl (C=O) groups excluding carboxylic acids is 1. The van der Waals surface area contributed by atoms with Gasteiger partial charge in [0.15, 0.2) is 0 Å². The Balaban J connectivity index is 0.00000261. The smallest absolute Gasteiger partial charge is 0.349 e. The van der Waals surface area contributed by atoms with Gasteiger partial charge in [0.2, 0.25) is 0 Å². The topological polar surface area (TPSA) is 88.6 Å². The minimum Gasteiger partial charge on any atom is -0.427 e. The number of amides is 1. The fourth-order valence-corrected chi connectivity index (χ4v) is 3.41. The number of rotatable bonds is 4. The summed E-state index contributed by atoms with van der Waals surface area (Å²) in [5.74, 6) is 1.15. The standard InChI is InChI=1S/C19H25N3O4.ClH/c1-11-8-16(14-6-5-7-20-9-14)25-19(24)17(11)18(23)22(4)10-15-12(2)21-26-13(15)3;/h8,14,20H,5-7,9-10H2,1-4H3;1H. The van der Waals surface area contributed by atoms with E-state index in [4.69, 9.17) is 8.94 Å². The van der Waals surface area contributed by atoms with Crippen LogP contribution in [0.1, 0.15) is 57.5 Å². The molecule has 2 aromatic rings. The van der Waals surface area contributed by atoms with Gasteiger partial charge in [-0.1, -0.05) is 5.16 Å². The second kappa shape index (κ2) is 8.71. The Bertz CT molecular complexity index is 849. The zero-order valence-corrected chi connectivity index (χ0v) is 16.9. The largest absolute Gasteiger partial charge is 0.427 e. The van der Waals surface area contributed by atoms with E-state index < -0.39 is 5.63 Å². The quantitative estimate of drug-likeness (QED) is 0.856. The fraction of sp³-hybridized carbons (Fsp3) is 0.526. The van der Waals surface area contributed by atoms with Crippen LogP contribution in [0, 0.1) is 20.8 Å². The molecule has 0 radical (unpaired) electrons. The Hall–Kier alpha value is -2.12. The monoisotopic (exact) mass is 395 g/mol. The van der Waals surface area contributed by atoms with Gasteiger partial charge in [0.1, 0.15) is 17.1 Å². The van der Waals surface area contributed by atoms with Crippen LogP contribution in [-0.4, -0.2) is 36.1 Å². The molecule has 0 saturated carbocycles. The zero-order chi connectivity index (χ0) is 18.8. The minimum atomic E-state index is -0.568. The van der Waals surface area contributed by atoms with Crippen molar-refractivity contribution in [3.05, 3.63) is 50.4 Å². The average Bonchev–Trinajstić information content (AvgIpc) is 2.93. The molecule has 0 spiro atoms. The first-order valence-corrected chi connectivity index (χ1v) is 8.91. The van der Waals surface area contributed by atoms with Gasteiger partial charge in [-0.25, -0.2) is 4.79 Å². The number of carbonyl (C=O) groups is 1. The third kappa shape index (κ3) is 4.42. The van der Waals surface area contributed by atoms with Crippen LogP contribution in [0.25, 0.3) is 0 Å². The van der Waals surface area contributed by atoms with Crippen molar-refractivity contribution < 1.29 is 13.7 Å². The fourth-order valence-electron chi connectivity index (χ4n) is 3.41. The lowest BCUT2D eigenvalue weighted by Gasteiger charge is -2.22. The van der Waals surface area contributed by atoms with Gasteiger partial charge in [0.05, 0.1) is 12.2 Å². The Morgan fingerprint density at radius 3 is 2.67 bits per heavy atom. The number of nitrogens with one attached hydrogen (secondary N) is 1. The van der Waals surface area contributed by atoms with Gasteiger partial charge < -0.3 is 19.2 Å². The van der Waals surface area contributed by atoms with Crippen LogP contribution in [0.4, 0.5) is 0 Å². The molecule has 3 rings (SSSR count). The summed E-state index contributed by atoms with van der Waals surface area (Å²) in [6.07, 6.45) is 2.03. The molecule has 1 N–H and O–H groups in total. The molecular formula is C19H26ClN3O4. The van der Waals surface area contributed by atoms with Gasteiger partial charge in [0.25, 0.3) is 5.91 Å².